The molecule has 158 valence electrons. The highest BCUT2D eigenvalue weighted by atomic mass is 35.5. The first kappa shape index (κ1) is 20.9. The number of anilines is 1. The molecule has 0 unspecified atom stereocenters. The summed E-state index contributed by atoms with van der Waals surface area (Å²) in [5, 5.41) is 4.93. The minimum absolute atomic E-state index is 0.254. The Morgan fingerprint density at radius 2 is 1.90 bits per heavy atom. The predicted octanol–water partition coefficient (Wildman–Crippen LogP) is 3.90. The van der Waals surface area contributed by atoms with E-state index in [1.54, 1.807) is 60.0 Å². The van der Waals surface area contributed by atoms with Gasteiger partial charge in [-0.05, 0) is 60.8 Å². The second-order valence-corrected chi connectivity index (χ2v) is 7.98. The third-order valence-corrected chi connectivity index (χ3v) is 5.70. The van der Waals surface area contributed by atoms with Crippen LogP contribution in [0.3, 0.4) is 0 Å². The van der Waals surface area contributed by atoms with Gasteiger partial charge < -0.3 is 10.1 Å². The third kappa shape index (κ3) is 4.26. The highest BCUT2D eigenvalue weighted by molar-refractivity contribution is 7.17. The van der Waals surface area contributed by atoms with Gasteiger partial charge in [0.15, 0.2) is 0 Å². The normalized spacial score (nSPS) is 10.9. The van der Waals surface area contributed by atoms with Gasteiger partial charge in [0.2, 0.25) is 5.91 Å². The van der Waals surface area contributed by atoms with Crippen molar-refractivity contribution >= 4 is 44.7 Å². The van der Waals surface area contributed by atoms with Crippen LogP contribution in [-0.4, -0.2) is 21.6 Å². The molecule has 7 nitrogen and oxygen atoms in total. The summed E-state index contributed by atoms with van der Waals surface area (Å²) in [6.45, 7) is 2.13. The van der Waals surface area contributed by atoms with Crippen LogP contribution in [0.1, 0.15) is 6.92 Å². The number of ether oxygens (including phenoxy) is 1. The van der Waals surface area contributed by atoms with Gasteiger partial charge in [-0.3, -0.25) is 14.2 Å². The Hall–Kier alpha value is -3.36. The van der Waals surface area contributed by atoms with Gasteiger partial charge in [-0.15, -0.1) is 11.3 Å². The molecule has 0 aliphatic rings. The van der Waals surface area contributed by atoms with Crippen molar-refractivity contribution in [1.82, 2.24) is 9.13 Å². The van der Waals surface area contributed by atoms with E-state index in [-0.39, 0.29) is 6.54 Å². The summed E-state index contributed by atoms with van der Waals surface area (Å²) in [5.74, 6) is 0.228. The molecule has 2 aromatic carbocycles. The fraction of sp³-hybridized carbons (Fsp3) is 0.136. The van der Waals surface area contributed by atoms with E-state index in [0.29, 0.717) is 39.0 Å². The molecule has 1 amide bonds. The molecule has 0 aliphatic heterocycles. The number of hydrogen-bond donors (Lipinski definition) is 1. The molecular weight excluding hydrogens is 438 g/mol. The summed E-state index contributed by atoms with van der Waals surface area (Å²) in [4.78, 5) is 38.9. The van der Waals surface area contributed by atoms with Crippen LogP contribution in [0, 0.1) is 0 Å². The van der Waals surface area contributed by atoms with Crippen molar-refractivity contribution < 1.29 is 9.53 Å². The number of nitrogens with zero attached hydrogens (tertiary/aromatic N) is 2. The second kappa shape index (κ2) is 8.79. The van der Waals surface area contributed by atoms with Crippen molar-refractivity contribution in [3.8, 4) is 11.4 Å². The number of carbonyl (C=O) groups is 1. The molecule has 4 aromatic rings. The van der Waals surface area contributed by atoms with Gasteiger partial charge in [-0.2, -0.15) is 0 Å². The number of aromatic nitrogens is 2. The lowest BCUT2D eigenvalue weighted by Gasteiger charge is -2.13. The standard InChI is InChI=1S/C22H18ClN3O4S/c1-2-30-17-8-6-16(7-9-17)26-21(28)20-18(10-11-31-20)25(22(26)29)13-19(27)24-15-5-3-4-14(23)12-15/h3-12H,2,13H2,1H3,(H,24,27). The Labute approximate surface area is 186 Å². The Morgan fingerprint density at radius 1 is 1.13 bits per heavy atom. The zero-order valence-corrected chi connectivity index (χ0v) is 18.1. The number of fused-ring (bicyclic) bond motifs is 1. The Bertz CT molecular complexity index is 1370. The maximum absolute atomic E-state index is 13.3. The van der Waals surface area contributed by atoms with Crippen LogP contribution in [0.4, 0.5) is 5.69 Å². The van der Waals surface area contributed by atoms with Gasteiger partial charge in [-0.25, -0.2) is 9.36 Å². The molecule has 1 N–H and O–H groups in total. The lowest BCUT2D eigenvalue weighted by Crippen LogP contribution is -2.40. The van der Waals surface area contributed by atoms with Crippen LogP contribution in [-0.2, 0) is 11.3 Å². The highest BCUT2D eigenvalue weighted by Crippen LogP contribution is 2.19. The summed E-state index contributed by atoms with van der Waals surface area (Å²) in [5.41, 5.74) is 0.320. The Kier molecular flexibility index (Phi) is 5.92. The van der Waals surface area contributed by atoms with Crippen molar-refractivity contribution in [3.63, 3.8) is 0 Å². The lowest BCUT2D eigenvalue weighted by molar-refractivity contribution is -0.116. The average molecular weight is 456 g/mol. The Morgan fingerprint density at radius 3 is 2.61 bits per heavy atom. The van der Waals surface area contributed by atoms with E-state index in [0.717, 1.165) is 4.57 Å². The van der Waals surface area contributed by atoms with E-state index in [9.17, 15) is 14.4 Å². The van der Waals surface area contributed by atoms with E-state index >= 15 is 0 Å². The van der Waals surface area contributed by atoms with Crippen molar-refractivity contribution in [2.45, 2.75) is 13.5 Å². The van der Waals surface area contributed by atoms with Crippen molar-refractivity contribution in [2.24, 2.45) is 0 Å². The van der Waals surface area contributed by atoms with Gasteiger partial charge in [0.05, 0.1) is 17.8 Å². The van der Waals surface area contributed by atoms with Crippen LogP contribution in [0.25, 0.3) is 15.9 Å². The topological polar surface area (TPSA) is 82.3 Å². The van der Waals surface area contributed by atoms with Crippen molar-refractivity contribution in [1.29, 1.82) is 0 Å². The number of benzene rings is 2. The number of carbonyl (C=O) groups excluding carboxylic acids is 1. The largest absolute Gasteiger partial charge is 0.494 e. The number of thiophene rings is 1. The monoisotopic (exact) mass is 455 g/mol. The SMILES string of the molecule is CCOc1ccc(-n2c(=O)c3sccc3n(CC(=O)Nc3cccc(Cl)c3)c2=O)cc1. The lowest BCUT2D eigenvalue weighted by atomic mass is 10.3. The van der Waals surface area contributed by atoms with Crippen LogP contribution in [0.2, 0.25) is 5.02 Å². The van der Waals surface area contributed by atoms with Crippen LogP contribution in [0.5, 0.6) is 5.75 Å². The van der Waals surface area contributed by atoms with E-state index in [1.807, 2.05) is 6.92 Å². The molecular formula is C22H18ClN3O4S. The molecule has 0 fully saturated rings. The minimum atomic E-state index is -0.596. The molecule has 2 heterocycles. The van der Waals surface area contributed by atoms with Crippen LogP contribution >= 0.6 is 22.9 Å². The first-order valence-corrected chi connectivity index (χ1v) is 10.8. The minimum Gasteiger partial charge on any atom is -0.494 e. The van der Waals surface area contributed by atoms with E-state index in [2.05, 4.69) is 5.32 Å². The molecule has 0 atom stereocenters. The molecule has 2 aromatic heterocycles. The first-order chi connectivity index (χ1) is 15.0. The second-order valence-electron chi connectivity index (χ2n) is 6.63. The predicted molar refractivity (Wildman–Crippen MR) is 123 cm³/mol. The van der Waals surface area contributed by atoms with Gasteiger partial charge in [0, 0.05) is 10.7 Å². The number of rotatable bonds is 6. The maximum atomic E-state index is 13.3. The highest BCUT2D eigenvalue weighted by Gasteiger charge is 2.17. The van der Waals surface area contributed by atoms with Gasteiger partial charge in [0.1, 0.15) is 17.0 Å². The molecule has 0 spiro atoms. The van der Waals surface area contributed by atoms with Crippen LogP contribution < -0.4 is 21.3 Å². The summed E-state index contributed by atoms with van der Waals surface area (Å²) in [6, 6.07) is 15.1. The number of nitrogens with one attached hydrogen (secondary N) is 1. The molecule has 0 bridgehead atoms. The quantitative estimate of drug-likeness (QED) is 0.478. The van der Waals surface area contributed by atoms with Gasteiger partial charge >= 0.3 is 5.69 Å². The number of halogens is 1. The van der Waals surface area contributed by atoms with E-state index < -0.39 is 17.2 Å². The zero-order chi connectivity index (χ0) is 22.0. The third-order valence-electron chi connectivity index (χ3n) is 4.57. The molecule has 0 aliphatic carbocycles. The molecule has 0 saturated carbocycles. The summed E-state index contributed by atoms with van der Waals surface area (Å²) < 4.78 is 8.18. The summed E-state index contributed by atoms with van der Waals surface area (Å²) >= 11 is 7.18. The molecule has 4 rings (SSSR count). The van der Waals surface area contributed by atoms with Gasteiger partial charge in [-0.1, -0.05) is 17.7 Å². The fourth-order valence-corrected chi connectivity index (χ4v) is 4.25. The Balaban J connectivity index is 1.75. The summed E-state index contributed by atoms with van der Waals surface area (Å²) in [6.07, 6.45) is 0. The molecule has 0 saturated heterocycles. The molecule has 9 heteroatoms. The fourth-order valence-electron chi connectivity index (χ4n) is 3.24. The van der Waals surface area contributed by atoms with Gasteiger partial charge in [0.25, 0.3) is 5.56 Å². The zero-order valence-electron chi connectivity index (χ0n) is 16.5. The van der Waals surface area contributed by atoms with Crippen molar-refractivity contribution in [2.75, 3.05) is 11.9 Å². The average Bonchev–Trinajstić information content (AvgIpc) is 3.23. The maximum Gasteiger partial charge on any atom is 0.336 e. The summed E-state index contributed by atoms with van der Waals surface area (Å²) in [7, 11) is 0. The first-order valence-electron chi connectivity index (χ1n) is 9.49. The number of amides is 1. The van der Waals surface area contributed by atoms with E-state index in [4.69, 9.17) is 16.3 Å². The molecule has 31 heavy (non-hydrogen) atoms. The van der Waals surface area contributed by atoms with Crippen LogP contribution in [0.15, 0.2) is 69.6 Å². The molecule has 0 radical (unpaired) electrons. The van der Waals surface area contributed by atoms with E-state index in [1.165, 1.54) is 15.9 Å². The van der Waals surface area contributed by atoms with Crippen molar-refractivity contribution in [3.05, 3.63) is 85.8 Å². The smallest absolute Gasteiger partial charge is 0.336 e. The number of hydrogen-bond acceptors (Lipinski definition) is 5.